The number of urea groups is 1. The Morgan fingerprint density at radius 1 is 1.08 bits per heavy atom. The van der Waals surface area contributed by atoms with Crippen LogP contribution in [0.3, 0.4) is 0 Å². The number of unbranched alkanes of at least 4 members (excludes halogenated alkanes) is 1. The van der Waals surface area contributed by atoms with Crippen molar-refractivity contribution in [2.75, 3.05) is 71.0 Å². The van der Waals surface area contributed by atoms with E-state index in [1.54, 1.807) is 31.2 Å². The minimum Gasteiger partial charge on any atom is -0.465 e. The van der Waals surface area contributed by atoms with Gasteiger partial charge in [-0.2, -0.15) is 0 Å². The predicted octanol–water partition coefficient (Wildman–Crippen LogP) is 2.10. The van der Waals surface area contributed by atoms with Crippen LogP contribution in [0, 0.1) is 5.41 Å². The lowest BCUT2D eigenvalue weighted by Gasteiger charge is -2.34. The van der Waals surface area contributed by atoms with Crippen molar-refractivity contribution in [3.05, 3.63) is 29.8 Å². The second kappa shape index (κ2) is 14.4. The number of benzene rings is 1. The number of carbonyl (C=O) groups excluding carboxylic acids is 4. The molecule has 214 valence electrons. The number of amidine groups is 1. The fourth-order valence-corrected chi connectivity index (χ4v) is 4.18. The summed E-state index contributed by atoms with van der Waals surface area (Å²) in [5, 5.41) is 10.5. The van der Waals surface area contributed by atoms with E-state index in [1.165, 1.54) is 11.9 Å². The smallest absolute Gasteiger partial charge is 0.417 e. The monoisotopic (exact) mass is 546 g/mol. The largest absolute Gasteiger partial charge is 0.465 e. The molecule has 13 heteroatoms. The normalized spacial score (nSPS) is 17.9. The number of nitrogens with one attached hydrogen (secondary N) is 2. The van der Waals surface area contributed by atoms with Gasteiger partial charge in [0.15, 0.2) is 0 Å². The zero-order valence-electron chi connectivity index (χ0n) is 22.8. The third kappa shape index (κ3) is 8.65. The molecular weight excluding hydrogens is 508 g/mol. The Bertz CT molecular complexity index is 1030. The van der Waals surface area contributed by atoms with E-state index in [2.05, 4.69) is 22.0 Å². The van der Waals surface area contributed by atoms with Crippen molar-refractivity contribution < 1.29 is 33.4 Å². The Morgan fingerprint density at radius 2 is 1.74 bits per heavy atom. The molecule has 0 saturated carbocycles. The number of ether oxygens (including phenoxy) is 3. The summed E-state index contributed by atoms with van der Waals surface area (Å²) in [6.07, 6.45) is 0.311. The zero-order valence-corrected chi connectivity index (χ0v) is 22.8. The maximum Gasteiger partial charge on any atom is 0.417 e. The van der Waals surface area contributed by atoms with E-state index in [1.807, 2.05) is 0 Å². The molecule has 4 amide bonds. The molecule has 1 unspecified atom stereocenters. The highest BCUT2D eigenvalue weighted by atomic mass is 16.6. The molecule has 1 atom stereocenters. The van der Waals surface area contributed by atoms with E-state index >= 15 is 0 Å². The molecule has 0 spiro atoms. The molecule has 2 heterocycles. The molecule has 1 aromatic carbocycles. The Morgan fingerprint density at radius 3 is 2.38 bits per heavy atom. The number of nitrogens with zero attached hydrogens (tertiary/aromatic N) is 4. The number of cyclic esters (lactones) is 1. The van der Waals surface area contributed by atoms with Gasteiger partial charge in [-0.25, -0.2) is 19.3 Å². The van der Waals surface area contributed by atoms with Crippen molar-refractivity contribution in [1.82, 2.24) is 20.0 Å². The zero-order chi connectivity index (χ0) is 28.4. The number of esters is 1. The number of rotatable bonds is 10. The lowest BCUT2D eigenvalue weighted by molar-refractivity contribution is -0.145. The van der Waals surface area contributed by atoms with Crippen LogP contribution in [0.5, 0.6) is 0 Å². The van der Waals surface area contributed by atoms with Crippen molar-refractivity contribution in [2.45, 2.75) is 32.8 Å². The third-order valence-corrected chi connectivity index (χ3v) is 6.46. The van der Waals surface area contributed by atoms with Gasteiger partial charge >= 0.3 is 24.2 Å². The third-order valence-electron chi connectivity index (χ3n) is 6.46. The number of hydrogen-bond donors (Lipinski definition) is 2. The molecule has 2 saturated heterocycles. The van der Waals surface area contributed by atoms with Gasteiger partial charge in [0.2, 0.25) is 0 Å². The first-order valence-corrected chi connectivity index (χ1v) is 13.2. The van der Waals surface area contributed by atoms with Crippen LogP contribution in [0.15, 0.2) is 24.3 Å². The molecule has 13 nitrogen and oxygen atoms in total. The number of carbonyl (C=O) groups is 4. The topological polar surface area (TPSA) is 145 Å². The van der Waals surface area contributed by atoms with Crippen LogP contribution < -0.4 is 10.2 Å². The number of imide groups is 1. The Hall–Kier alpha value is -3.71. The van der Waals surface area contributed by atoms with Crippen molar-refractivity contribution in [3.8, 4) is 0 Å². The predicted molar refractivity (Wildman–Crippen MR) is 143 cm³/mol. The first kappa shape index (κ1) is 29.8. The second-order valence-electron chi connectivity index (χ2n) is 9.38. The van der Waals surface area contributed by atoms with E-state index in [-0.39, 0.29) is 24.5 Å². The number of anilines is 1. The first-order valence-electron chi connectivity index (χ1n) is 13.2. The molecule has 0 radical (unpaired) electrons. The van der Waals surface area contributed by atoms with Gasteiger partial charge in [-0.05, 0) is 37.6 Å². The molecule has 0 bridgehead atoms. The highest BCUT2D eigenvalue weighted by Gasteiger charge is 2.34. The van der Waals surface area contributed by atoms with Crippen LogP contribution >= 0.6 is 0 Å². The molecule has 2 N–H and O–H groups in total. The van der Waals surface area contributed by atoms with Crippen LogP contribution in [-0.2, 0) is 19.0 Å². The second-order valence-corrected chi connectivity index (χ2v) is 9.38. The molecule has 39 heavy (non-hydrogen) atoms. The highest BCUT2D eigenvalue weighted by molar-refractivity contribution is 6.08. The van der Waals surface area contributed by atoms with Gasteiger partial charge in [-0.1, -0.05) is 13.3 Å². The summed E-state index contributed by atoms with van der Waals surface area (Å²) in [4.78, 5) is 54.9. The summed E-state index contributed by atoms with van der Waals surface area (Å²) in [5.74, 6) is -0.386. The van der Waals surface area contributed by atoms with Crippen molar-refractivity contribution >= 4 is 35.7 Å². The minimum atomic E-state index is -0.815. The van der Waals surface area contributed by atoms with E-state index < -0.39 is 18.2 Å². The summed E-state index contributed by atoms with van der Waals surface area (Å²) in [5.41, 5.74) is 1.01. The molecule has 2 fully saturated rings. The highest BCUT2D eigenvalue weighted by Crippen LogP contribution is 2.23. The standard InChI is InChI=1S/C26H38N6O7/c1-4-6-15-38-22(33)18-31-13-11-30(12-14-31)16-21-17-32(26(36)39-21)20-9-7-19(8-10-20)23(27)28-24(34)29(3)25(35)37-5-2/h7-10,21H,4-6,11-18H2,1-3H3,(H2,27,28,34). The Balaban J connectivity index is 1.44. The fourth-order valence-electron chi connectivity index (χ4n) is 4.18. The molecule has 3 rings (SSSR count). The summed E-state index contributed by atoms with van der Waals surface area (Å²) < 4.78 is 15.6. The van der Waals surface area contributed by atoms with Gasteiger partial charge in [-0.15, -0.1) is 0 Å². The quantitative estimate of drug-likeness (QED) is 0.148. The van der Waals surface area contributed by atoms with Gasteiger partial charge in [0, 0.05) is 51.0 Å². The van der Waals surface area contributed by atoms with Crippen LogP contribution in [0.25, 0.3) is 0 Å². The maximum absolute atomic E-state index is 12.5. The molecule has 2 aliphatic rings. The number of piperazine rings is 1. The lowest BCUT2D eigenvalue weighted by Crippen LogP contribution is -2.50. The maximum atomic E-state index is 12.5. The van der Waals surface area contributed by atoms with E-state index in [0.717, 1.165) is 43.9 Å². The van der Waals surface area contributed by atoms with Crippen LogP contribution in [0.2, 0.25) is 0 Å². The van der Waals surface area contributed by atoms with Crippen LogP contribution in [-0.4, -0.2) is 117 Å². The minimum absolute atomic E-state index is 0.128. The average molecular weight is 547 g/mol. The molecule has 2 aliphatic heterocycles. The van der Waals surface area contributed by atoms with Gasteiger partial charge < -0.3 is 14.2 Å². The Labute approximate surface area is 228 Å². The average Bonchev–Trinajstić information content (AvgIpc) is 3.29. The summed E-state index contributed by atoms with van der Waals surface area (Å²) in [6.45, 7) is 8.58. The van der Waals surface area contributed by atoms with Crippen molar-refractivity contribution in [3.63, 3.8) is 0 Å². The van der Waals surface area contributed by atoms with Crippen LogP contribution in [0.1, 0.15) is 32.3 Å². The van der Waals surface area contributed by atoms with E-state index in [9.17, 15) is 19.2 Å². The first-order chi connectivity index (χ1) is 18.7. The van der Waals surface area contributed by atoms with E-state index in [0.29, 0.717) is 37.5 Å². The van der Waals surface area contributed by atoms with Gasteiger partial charge in [0.25, 0.3) is 0 Å². The van der Waals surface area contributed by atoms with Gasteiger partial charge in [0.1, 0.15) is 11.9 Å². The molecule has 0 aromatic heterocycles. The SMILES string of the molecule is CCCCOC(=O)CN1CCN(CC2CN(c3ccc(C(=N)NC(=O)N(C)C(=O)OCC)cc3)C(=O)O2)CC1. The molecule has 1 aromatic rings. The molecular formula is C26H38N6O7. The summed E-state index contributed by atoms with van der Waals surface area (Å²) in [6, 6.07) is 5.77. The van der Waals surface area contributed by atoms with Crippen molar-refractivity contribution in [2.24, 2.45) is 0 Å². The van der Waals surface area contributed by atoms with Crippen molar-refractivity contribution in [1.29, 1.82) is 5.41 Å². The summed E-state index contributed by atoms with van der Waals surface area (Å²) in [7, 11) is 1.25. The van der Waals surface area contributed by atoms with Gasteiger partial charge in [-0.3, -0.25) is 30.2 Å². The number of hydrogen-bond acceptors (Lipinski definition) is 10. The number of amides is 4. The molecule has 0 aliphatic carbocycles. The van der Waals surface area contributed by atoms with Crippen LogP contribution in [0.4, 0.5) is 20.1 Å². The van der Waals surface area contributed by atoms with E-state index in [4.69, 9.17) is 19.6 Å². The fraction of sp³-hybridized carbons (Fsp3) is 0.577. The Kier molecular flexibility index (Phi) is 11.1. The van der Waals surface area contributed by atoms with Gasteiger partial charge in [0.05, 0.1) is 26.3 Å². The lowest BCUT2D eigenvalue weighted by atomic mass is 10.1. The summed E-state index contributed by atoms with van der Waals surface area (Å²) >= 11 is 0.